The summed E-state index contributed by atoms with van der Waals surface area (Å²) in [5, 5.41) is 0. The summed E-state index contributed by atoms with van der Waals surface area (Å²) in [6, 6.07) is 6.73. The van der Waals surface area contributed by atoms with E-state index in [1.807, 2.05) is 12.1 Å². The van der Waals surface area contributed by atoms with Gasteiger partial charge in [0.1, 0.15) is 10.4 Å². The molecule has 0 bridgehead atoms. The van der Waals surface area contributed by atoms with Gasteiger partial charge in [0, 0.05) is 19.1 Å². The van der Waals surface area contributed by atoms with E-state index in [0.29, 0.717) is 6.04 Å². The van der Waals surface area contributed by atoms with Crippen molar-refractivity contribution in [1.29, 1.82) is 0 Å². The summed E-state index contributed by atoms with van der Waals surface area (Å²) in [6.07, 6.45) is 1.22. The molecule has 1 saturated heterocycles. The smallest absolute Gasteiger partial charge is 0.129 e. The number of aromatic nitrogens is 1. The summed E-state index contributed by atoms with van der Waals surface area (Å²) >= 11 is 3.41. The first kappa shape index (κ1) is 10.9. The molecule has 3 nitrogen and oxygen atoms in total. The predicted molar refractivity (Wildman–Crippen MR) is 66.2 cm³/mol. The number of halogens is 1. The third kappa shape index (κ3) is 2.49. The van der Waals surface area contributed by atoms with Gasteiger partial charge in [0.05, 0.1) is 0 Å². The van der Waals surface area contributed by atoms with Crippen molar-refractivity contribution in [3.05, 3.63) is 22.8 Å². The van der Waals surface area contributed by atoms with Crippen molar-refractivity contribution < 1.29 is 0 Å². The Labute approximate surface area is 99.2 Å². The third-order valence-corrected chi connectivity index (χ3v) is 3.36. The van der Waals surface area contributed by atoms with Crippen molar-refractivity contribution in [3.8, 4) is 0 Å². The molecule has 0 spiro atoms. The summed E-state index contributed by atoms with van der Waals surface area (Å²) in [4.78, 5) is 9.11. The van der Waals surface area contributed by atoms with E-state index in [1.165, 1.54) is 6.42 Å². The molecule has 0 aromatic carbocycles. The molecule has 2 rings (SSSR count). The molecule has 0 N–H and O–H groups in total. The number of likely N-dealkylation sites (N-methyl/N-ethyl adjacent to an activating group) is 1. The molecule has 1 aromatic heterocycles. The largest absolute Gasteiger partial charge is 0.355 e. The standard InChI is InChI=1S/C11H16BrN3/c1-14(2)9-6-7-15(8-9)11-5-3-4-10(12)13-11/h3-5,9H,6-8H2,1-2H3/t9-/m1/s1. The van der Waals surface area contributed by atoms with Crippen LogP contribution in [0.25, 0.3) is 0 Å². The Bertz CT molecular complexity index is 340. The molecule has 1 aromatic rings. The first-order chi connectivity index (χ1) is 7.16. The Morgan fingerprint density at radius 2 is 2.27 bits per heavy atom. The van der Waals surface area contributed by atoms with Gasteiger partial charge in [-0.3, -0.25) is 0 Å². The van der Waals surface area contributed by atoms with Gasteiger partial charge in [-0.25, -0.2) is 4.98 Å². The van der Waals surface area contributed by atoms with Crippen molar-refractivity contribution >= 4 is 21.7 Å². The Balaban J connectivity index is 2.08. The first-order valence-electron chi connectivity index (χ1n) is 5.21. The van der Waals surface area contributed by atoms with E-state index < -0.39 is 0 Å². The van der Waals surface area contributed by atoms with Crippen LogP contribution < -0.4 is 4.90 Å². The summed E-state index contributed by atoms with van der Waals surface area (Å²) < 4.78 is 0.910. The molecule has 0 unspecified atom stereocenters. The van der Waals surface area contributed by atoms with Crippen molar-refractivity contribution in [3.63, 3.8) is 0 Å². The number of hydrogen-bond acceptors (Lipinski definition) is 3. The van der Waals surface area contributed by atoms with Crippen LogP contribution in [0.2, 0.25) is 0 Å². The van der Waals surface area contributed by atoms with Crippen LogP contribution in [0.5, 0.6) is 0 Å². The lowest BCUT2D eigenvalue weighted by molar-refractivity contribution is 0.315. The number of hydrogen-bond donors (Lipinski definition) is 0. The number of pyridine rings is 1. The monoisotopic (exact) mass is 269 g/mol. The lowest BCUT2D eigenvalue weighted by atomic mass is 10.2. The zero-order chi connectivity index (χ0) is 10.8. The van der Waals surface area contributed by atoms with E-state index in [4.69, 9.17) is 0 Å². The van der Waals surface area contributed by atoms with Gasteiger partial charge in [0.25, 0.3) is 0 Å². The fourth-order valence-corrected chi connectivity index (χ4v) is 2.28. The summed E-state index contributed by atoms with van der Waals surface area (Å²) in [5.74, 6) is 1.08. The lowest BCUT2D eigenvalue weighted by Gasteiger charge is -2.21. The summed E-state index contributed by atoms with van der Waals surface area (Å²) in [5.41, 5.74) is 0. The van der Waals surface area contributed by atoms with Crippen LogP contribution in [0.15, 0.2) is 22.8 Å². The van der Waals surface area contributed by atoms with E-state index in [1.54, 1.807) is 0 Å². The average Bonchev–Trinajstić information content (AvgIpc) is 2.66. The normalized spacial score (nSPS) is 21.3. The van der Waals surface area contributed by atoms with E-state index >= 15 is 0 Å². The minimum atomic E-state index is 0.658. The summed E-state index contributed by atoms with van der Waals surface area (Å²) in [7, 11) is 4.28. The maximum atomic E-state index is 4.47. The topological polar surface area (TPSA) is 19.4 Å². The van der Waals surface area contributed by atoms with Gasteiger partial charge in [0.2, 0.25) is 0 Å². The molecule has 0 amide bonds. The Kier molecular flexibility index (Phi) is 3.26. The fraction of sp³-hybridized carbons (Fsp3) is 0.545. The van der Waals surface area contributed by atoms with E-state index in [2.05, 4.69) is 50.9 Å². The molecule has 0 saturated carbocycles. The molecule has 1 aliphatic heterocycles. The van der Waals surface area contributed by atoms with Crippen molar-refractivity contribution in [2.45, 2.75) is 12.5 Å². The Morgan fingerprint density at radius 1 is 1.47 bits per heavy atom. The van der Waals surface area contributed by atoms with Crippen molar-refractivity contribution in [1.82, 2.24) is 9.88 Å². The molecule has 15 heavy (non-hydrogen) atoms. The number of nitrogens with zero attached hydrogens (tertiary/aromatic N) is 3. The van der Waals surface area contributed by atoms with Gasteiger partial charge in [-0.1, -0.05) is 6.07 Å². The van der Waals surface area contributed by atoms with Gasteiger partial charge in [-0.15, -0.1) is 0 Å². The molecule has 82 valence electrons. The molecule has 1 aliphatic rings. The maximum absolute atomic E-state index is 4.47. The van der Waals surface area contributed by atoms with Crippen LogP contribution in [0.1, 0.15) is 6.42 Å². The van der Waals surface area contributed by atoms with Crippen LogP contribution in [0, 0.1) is 0 Å². The third-order valence-electron chi connectivity index (χ3n) is 2.92. The van der Waals surface area contributed by atoms with Crippen LogP contribution in [0.4, 0.5) is 5.82 Å². The van der Waals surface area contributed by atoms with Gasteiger partial charge in [-0.2, -0.15) is 0 Å². The second kappa shape index (κ2) is 4.49. The van der Waals surface area contributed by atoms with Crippen molar-refractivity contribution in [2.75, 3.05) is 32.1 Å². The number of anilines is 1. The molecule has 4 heteroatoms. The van der Waals surface area contributed by atoms with Crippen LogP contribution >= 0.6 is 15.9 Å². The van der Waals surface area contributed by atoms with Crippen LogP contribution in [0.3, 0.4) is 0 Å². The molecule has 2 heterocycles. The van der Waals surface area contributed by atoms with Gasteiger partial charge < -0.3 is 9.80 Å². The minimum Gasteiger partial charge on any atom is -0.355 e. The highest BCUT2D eigenvalue weighted by Crippen LogP contribution is 2.21. The lowest BCUT2D eigenvalue weighted by Crippen LogP contribution is -2.31. The van der Waals surface area contributed by atoms with Crippen LogP contribution in [-0.2, 0) is 0 Å². The molecule has 1 atom stereocenters. The maximum Gasteiger partial charge on any atom is 0.129 e. The van der Waals surface area contributed by atoms with Gasteiger partial charge >= 0.3 is 0 Å². The van der Waals surface area contributed by atoms with Crippen LogP contribution in [-0.4, -0.2) is 43.1 Å². The zero-order valence-electron chi connectivity index (χ0n) is 9.15. The van der Waals surface area contributed by atoms with Gasteiger partial charge in [-0.05, 0) is 48.6 Å². The molecular weight excluding hydrogens is 254 g/mol. The molecule has 0 radical (unpaired) electrons. The van der Waals surface area contributed by atoms with E-state index in [0.717, 1.165) is 23.5 Å². The highest BCUT2D eigenvalue weighted by molar-refractivity contribution is 9.10. The molecule has 0 aliphatic carbocycles. The predicted octanol–water partition coefficient (Wildman–Crippen LogP) is 1.98. The summed E-state index contributed by atoms with van der Waals surface area (Å²) in [6.45, 7) is 2.18. The van der Waals surface area contributed by atoms with Crippen molar-refractivity contribution in [2.24, 2.45) is 0 Å². The quantitative estimate of drug-likeness (QED) is 0.766. The minimum absolute atomic E-state index is 0.658. The molecular formula is C11H16BrN3. The average molecular weight is 270 g/mol. The first-order valence-corrected chi connectivity index (χ1v) is 6.00. The number of rotatable bonds is 2. The van der Waals surface area contributed by atoms with Gasteiger partial charge in [0.15, 0.2) is 0 Å². The van der Waals surface area contributed by atoms with E-state index in [9.17, 15) is 0 Å². The highest BCUT2D eigenvalue weighted by atomic mass is 79.9. The SMILES string of the molecule is CN(C)[C@@H]1CCN(c2cccc(Br)n2)C1. The molecule has 1 fully saturated rings. The zero-order valence-corrected chi connectivity index (χ0v) is 10.7. The second-order valence-electron chi connectivity index (χ2n) is 4.17. The Morgan fingerprint density at radius 3 is 2.87 bits per heavy atom. The second-order valence-corrected chi connectivity index (χ2v) is 4.98. The van der Waals surface area contributed by atoms with E-state index in [-0.39, 0.29) is 0 Å². The highest BCUT2D eigenvalue weighted by Gasteiger charge is 2.24. The fourth-order valence-electron chi connectivity index (χ4n) is 1.95. The Hall–Kier alpha value is -0.610.